The van der Waals surface area contributed by atoms with Gasteiger partial charge in [-0.1, -0.05) is 71.2 Å². The summed E-state index contributed by atoms with van der Waals surface area (Å²) in [4.78, 5) is 14.3. The topological polar surface area (TPSA) is 80.3 Å². The Labute approximate surface area is 213 Å². The first-order chi connectivity index (χ1) is 16.3. The number of nitrogens with one attached hydrogen (secondary N) is 1. The molecule has 2 saturated heterocycles. The minimum atomic E-state index is -2.04. The minimum absolute atomic E-state index is 0.00163. The number of amides is 1. The van der Waals surface area contributed by atoms with Gasteiger partial charge in [0, 0.05) is 37.3 Å². The normalized spacial score (nSPS) is 24.1. The Morgan fingerprint density at radius 2 is 1.65 bits per heavy atom. The van der Waals surface area contributed by atoms with Crippen LogP contribution in [-0.2, 0) is 25.6 Å². The van der Waals surface area contributed by atoms with Gasteiger partial charge in [-0.05, 0) is 23.3 Å². The Morgan fingerprint density at radius 3 is 2.26 bits per heavy atom. The summed E-state index contributed by atoms with van der Waals surface area (Å²) >= 11 is 16.9. The number of hydrogen-bond acceptors (Lipinski definition) is 6. The summed E-state index contributed by atoms with van der Waals surface area (Å²) in [6.45, 7) is 3.97. The molecule has 2 aliphatic heterocycles. The maximum Gasteiger partial charge on any atom is 0.276 e. The Morgan fingerprint density at radius 1 is 1.00 bits per heavy atom. The number of halogens is 3. The van der Waals surface area contributed by atoms with Crippen LogP contribution in [0.2, 0.25) is 0 Å². The molecule has 2 fully saturated rings. The average molecular weight is 530 g/mol. The number of alkyl halides is 3. The zero-order valence-corrected chi connectivity index (χ0v) is 20.7. The van der Waals surface area contributed by atoms with Crippen molar-refractivity contribution in [2.75, 3.05) is 38.2 Å². The van der Waals surface area contributed by atoms with E-state index in [2.05, 4.69) is 10.2 Å². The molecule has 0 aromatic heterocycles. The molecule has 3 atom stereocenters. The molecule has 0 unspecified atom stereocenters. The van der Waals surface area contributed by atoms with Crippen LogP contribution in [0.15, 0.2) is 48.5 Å². The van der Waals surface area contributed by atoms with Crippen molar-refractivity contribution in [3.05, 3.63) is 65.2 Å². The molecule has 4 rings (SSSR count). The van der Waals surface area contributed by atoms with Gasteiger partial charge in [-0.2, -0.15) is 0 Å². The summed E-state index contributed by atoms with van der Waals surface area (Å²) in [5.74, 6) is -0.729. The Kier molecular flexibility index (Phi) is 8.71. The van der Waals surface area contributed by atoms with E-state index < -0.39 is 16.0 Å². The van der Waals surface area contributed by atoms with Crippen LogP contribution >= 0.6 is 34.8 Å². The van der Waals surface area contributed by atoms with Gasteiger partial charge in [0.25, 0.3) is 9.70 Å². The summed E-state index contributed by atoms with van der Waals surface area (Å²) in [5, 5.41) is 11.9. The maximum atomic E-state index is 11.9. The molecular weight excluding hydrogens is 503 g/mol. The van der Waals surface area contributed by atoms with Crippen LogP contribution < -0.4 is 5.32 Å². The van der Waals surface area contributed by atoms with Crippen LogP contribution in [0.5, 0.6) is 0 Å². The number of nitrogens with zero attached hydrogens (tertiary/aromatic N) is 1. The summed E-state index contributed by atoms with van der Waals surface area (Å²) in [6, 6.07) is 14.9. The molecule has 0 saturated carbocycles. The van der Waals surface area contributed by atoms with Gasteiger partial charge in [0.05, 0.1) is 32.0 Å². The molecule has 184 valence electrons. The van der Waals surface area contributed by atoms with Crippen LogP contribution in [0.25, 0.3) is 0 Å². The van der Waals surface area contributed by atoms with Crippen molar-refractivity contribution in [3.8, 4) is 0 Å². The number of carbonyl (C=O) groups is 1. The van der Waals surface area contributed by atoms with E-state index in [0.717, 1.165) is 49.5 Å². The first-order valence-electron chi connectivity index (χ1n) is 11.1. The number of anilines is 1. The fraction of sp³-hybridized carbons (Fsp3) is 0.458. The van der Waals surface area contributed by atoms with Crippen molar-refractivity contribution in [2.24, 2.45) is 0 Å². The second-order valence-corrected chi connectivity index (χ2v) is 10.6. The Hall–Kier alpha value is -1.42. The number of hydrogen-bond donors (Lipinski definition) is 2. The fourth-order valence-electron chi connectivity index (χ4n) is 4.03. The zero-order valence-electron chi connectivity index (χ0n) is 18.5. The third kappa shape index (κ3) is 6.83. The van der Waals surface area contributed by atoms with Crippen molar-refractivity contribution in [2.45, 2.75) is 35.3 Å². The first kappa shape index (κ1) is 25.7. The highest BCUT2D eigenvalue weighted by Gasteiger charge is 2.34. The SMILES string of the molecule is O=C(Nc1ccc([C@H]2O[C@@H](CN3CCOCC3)C[C@@H](c3ccc(CO)cc3)O2)cc1)C(Cl)(Cl)Cl. The van der Waals surface area contributed by atoms with Gasteiger partial charge in [-0.25, -0.2) is 0 Å². The van der Waals surface area contributed by atoms with Crippen molar-refractivity contribution in [3.63, 3.8) is 0 Å². The fourth-order valence-corrected chi connectivity index (χ4v) is 4.17. The maximum absolute atomic E-state index is 11.9. The summed E-state index contributed by atoms with van der Waals surface area (Å²) < 4.78 is 16.1. The molecule has 0 bridgehead atoms. The molecule has 0 spiro atoms. The highest BCUT2D eigenvalue weighted by molar-refractivity contribution is 6.76. The molecule has 7 nitrogen and oxygen atoms in total. The monoisotopic (exact) mass is 528 g/mol. The van der Waals surface area contributed by atoms with E-state index in [1.807, 2.05) is 36.4 Å². The summed E-state index contributed by atoms with van der Waals surface area (Å²) in [6.07, 6.45) is -0.0754. The number of rotatable bonds is 6. The summed E-state index contributed by atoms with van der Waals surface area (Å²) in [5.41, 5.74) is 3.20. The second kappa shape index (κ2) is 11.5. The molecule has 2 heterocycles. The molecule has 2 aromatic carbocycles. The van der Waals surface area contributed by atoms with Gasteiger partial charge < -0.3 is 24.6 Å². The lowest BCUT2D eigenvalue weighted by molar-refractivity contribution is -0.253. The van der Waals surface area contributed by atoms with Crippen LogP contribution in [0.3, 0.4) is 0 Å². The number of morpholine rings is 1. The van der Waals surface area contributed by atoms with Crippen molar-refractivity contribution in [1.29, 1.82) is 0 Å². The zero-order chi connectivity index (χ0) is 24.1. The van der Waals surface area contributed by atoms with E-state index in [9.17, 15) is 9.90 Å². The van der Waals surface area contributed by atoms with Crippen molar-refractivity contribution in [1.82, 2.24) is 4.90 Å². The highest BCUT2D eigenvalue weighted by atomic mass is 35.6. The smallest absolute Gasteiger partial charge is 0.276 e. The lowest BCUT2D eigenvalue weighted by atomic mass is 9.99. The molecule has 1 amide bonds. The molecule has 2 N–H and O–H groups in total. The minimum Gasteiger partial charge on any atom is -0.392 e. The first-order valence-corrected chi connectivity index (χ1v) is 12.2. The molecular formula is C24H27Cl3N2O5. The lowest BCUT2D eigenvalue weighted by Crippen LogP contribution is -2.44. The highest BCUT2D eigenvalue weighted by Crippen LogP contribution is 2.38. The number of benzene rings is 2. The van der Waals surface area contributed by atoms with E-state index in [1.165, 1.54) is 0 Å². The molecule has 10 heteroatoms. The average Bonchev–Trinajstić information content (AvgIpc) is 2.84. The molecule has 2 aromatic rings. The van der Waals surface area contributed by atoms with E-state index >= 15 is 0 Å². The summed E-state index contributed by atoms with van der Waals surface area (Å²) in [7, 11) is 0. The van der Waals surface area contributed by atoms with E-state index in [-0.39, 0.29) is 18.8 Å². The third-order valence-electron chi connectivity index (χ3n) is 5.88. The number of ether oxygens (including phenoxy) is 3. The van der Waals surface area contributed by atoms with E-state index in [0.29, 0.717) is 12.1 Å². The van der Waals surface area contributed by atoms with Gasteiger partial charge in [0.2, 0.25) is 0 Å². The van der Waals surface area contributed by atoms with Crippen LogP contribution in [0, 0.1) is 0 Å². The van der Waals surface area contributed by atoms with Gasteiger partial charge in [-0.3, -0.25) is 9.69 Å². The van der Waals surface area contributed by atoms with Gasteiger partial charge in [-0.15, -0.1) is 0 Å². The van der Waals surface area contributed by atoms with Gasteiger partial charge in [0.15, 0.2) is 6.29 Å². The Balaban J connectivity index is 1.50. The standard InChI is InChI=1S/C24H27Cl3N2O5/c25-24(26,27)23(31)28-19-7-5-18(6-8-19)22-33-20(14-29-9-11-32-12-10-29)13-21(34-22)17-3-1-16(15-30)2-4-17/h1-8,20-22,30H,9-15H2,(H,28,31)/t20-,21+,22+/m1/s1. The number of aliphatic hydroxyl groups is 1. The van der Waals surface area contributed by atoms with Crippen molar-refractivity contribution < 1.29 is 24.1 Å². The molecule has 0 aliphatic carbocycles. The Bertz CT molecular complexity index is 947. The van der Waals surface area contributed by atoms with Gasteiger partial charge in [0.1, 0.15) is 0 Å². The molecule has 34 heavy (non-hydrogen) atoms. The van der Waals surface area contributed by atoms with Crippen LogP contribution in [0.1, 0.15) is 35.5 Å². The second-order valence-electron chi connectivity index (χ2n) is 8.34. The predicted molar refractivity (Wildman–Crippen MR) is 131 cm³/mol. The van der Waals surface area contributed by atoms with Crippen LogP contribution in [-0.4, -0.2) is 58.7 Å². The van der Waals surface area contributed by atoms with E-state index in [4.69, 9.17) is 49.0 Å². The van der Waals surface area contributed by atoms with Crippen molar-refractivity contribution >= 4 is 46.4 Å². The predicted octanol–water partition coefficient (Wildman–Crippen LogP) is 4.37. The van der Waals surface area contributed by atoms with Gasteiger partial charge >= 0.3 is 0 Å². The van der Waals surface area contributed by atoms with E-state index in [1.54, 1.807) is 12.1 Å². The largest absolute Gasteiger partial charge is 0.392 e. The lowest BCUT2D eigenvalue weighted by Gasteiger charge is -2.39. The number of carbonyl (C=O) groups excluding carboxylic acids is 1. The molecule has 0 radical (unpaired) electrons. The van der Waals surface area contributed by atoms with Crippen LogP contribution in [0.4, 0.5) is 5.69 Å². The quantitative estimate of drug-likeness (QED) is 0.541. The number of aliphatic hydroxyl groups excluding tert-OH is 1. The third-order valence-corrected chi connectivity index (χ3v) is 6.39. The molecule has 2 aliphatic rings.